The van der Waals surface area contributed by atoms with Gasteiger partial charge in [0, 0.05) is 12.2 Å². The second kappa shape index (κ2) is 16.9. The zero-order valence-corrected chi connectivity index (χ0v) is 42.4. The molecular formula is C42H16F44O8. The van der Waals surface area contributed by atoms with Crippen molar-refractivity contribution in [2.45, 2.75) is 187 Å². The van der Waals surface area contributed by atoms with Gasteiger partial charge in [0.1, 0.15) is 12.2 Å². The van der Waals surface area contributed by atoms with Gasteiger partial charge in [-0.05, 0) is 0 Å². The maximum absolute atomic E-state index is 17.3. The van der Waals surface area contributed by atoms with Gasteiger partial charge in [-0.2, -0.15) is 158 Å². The maximum atomic E-state index is 17.3. The number of ether oxygens (including phenoxy) is 6. The molecule has 0 saturated heterocycles. The van der Waals surface area contributed by atoms with Crippen LogP contribution in [0.1, 0.15) is 0 Å². The van der Waals surface area contributed by atoms with Crippen molar-refractivity contribution < 1.29 is 231 Å². The minimum atomic E-state index is -9.15. The Morgan fingerprint density at radius 2 is 0.340 bits per heavy atom. The number of carbonyl (C=O) groups is 2. The molecule has 0 radical (unpaired) electrons. The van der Waals surface area contributed by atoms with Crippen LogP contribution in [0.2, 0.25) is 0 Å². The van der Waals surface area contributed by atoms with E-state index < -0.39 is 237 Å². The van der Waals surface area contributed by atoms with Gasteiger partial charge in [0.2, 0.25) is 0 Å². The molecule has 0 spiro atoms. The maximum Gasteiger partial charge on any atom is 0.339 e. The van der Waals surface area contributed by atoms with Crippen molar-refractivity contribution in [3.05, 3.63) is 25.3 Å². The summed E-state index contributed by atoms with van der Waals surface area (Å²) in [5.74, 6) is -166. The molecule has 12 saturated carbocycles. The quantitative estimate of drug-likeness (QED) is 0.0858. The summed E-state index contributed by atoms with van der Waals surface area (Å²) in [5, 5.41) is 0. The van der Waals surface area contributed by atoms with Crippen molar-refractivity contribution >= 4 is 11.9 Å². The van der Waals surface area contributed by atoms with Crippen LogP contribution in [0, 0.1) is 0 Å². The van der Waals surface area contributed by atoms with Crippen molar-refractivity contribution in [1.82, 2.24) is 0 Å². The number of esters is 2. The fourth-order valence-electron chi connectivity index (χ4n) is 14.0. The van der Waals surface area contributed by atoms with Crippen LogP contribution >= 0.6 is 0 Å². The van der Waals surface area contributed by atoms with Gasteiger partial charge in [-0.15, -0.1) is 0 Å². The van der Waals surface area contributed by atoms with Crippen LogP contribution in [-0.2, 0) is 38.0 Å². The first kappa shape index (κ1) is 73.4. The molecule has 12 aliphatic carbocycles. The summed E-state index contributed by atoms with van der Waals surface area (Å²) in [5.41, 5.74) is -105. The lowest BCUT2D eigenvalue weighted by molar-refractivity contribution is -0.630. The van der Waals surface area contributed by atoms with Gasteiger partial charge >= 0.3 is 164 Å². The highest BCUT2D eigenvalue weighted by molar-refractivity contribution is 5.81. The average molecular weight is 1480 g/mol. The first-order chi connectivity index (χ1) is 41.1. The Morgan fingerprint density at radius 1 is 0.223 bits per heavy atom. The average Bonchev–Trinajstić information content (AvgIpc) is 0.605. The van der Waals surface area contributed by atoms with Gasteiger partial charge in [-0.25, -0.2) is 44.7 Å². The molecule has 2 atom stereocenters. The third-order valence-electron chi connectivity index (χ3n) is 18.5. The number of hydrogen-bond acceptors (Lipinski definition) is 8. The van der Waals surface area contributed by atoms with Crippen molar-refractivity contribution in [3.8, 4) is 0 Å². The van der Waals surface area contributed by atoms with E-state index in [0.29, 0.717) is 0 Å². The Morgan fingerprint density at radius 3 is 0.468 bits per heavy atom. The molecule has 0 aromatic carbocycles. The van der Waals surface area contributed by atoms with Crippen LogP contribution < -0.4 is 0 Å². The number of carbonyl (C=O) groups excluding carboxylic acids is 2. The number of rotatable bonds is 16. The molecule has 12 rings (SSSR count). The van der Waals surface area contributed by atoms with E-state index in [1.54, 1.807) is 0 Å². The Balaban J connectivity index is 1.20. The van der Waals surface area contributed by atoms with Crippen LogP contribution in [-0.4, -0.2) is 225 Å². The second-order valence-electron chi connectivity index (χ2n) is 22.1. The van der Waals surface area contributed by atoms with E-state index in [9.17, 15) is 9.59 Å². The third-order valence-corrected chi connectivity index (χ3v) is 18.5. The first-order valence-corrected chi connectivity index (χ1v) is 23.6. The fourth-order valence-corrected chi connectivity index (χ4v) is 14.0. The first-order valence-electron chi connectivity index (χ1n) is 23.6. The number of hydrogen-bond donors (Lipinski definition) is 0. The lowest BCUT2D eigenvalue weighted by Crippen LogP contribution is -3.11. The molecule has 94 heavy (non-hydrogen) atoms. The van der Waals surface area contributed by atoms with Crippen LogP contribution in [0.3, 0.4) is 0 Å². The molecular weight excluding hydrogens is 1470 g/mol. The standard InChI is InChI=1S/C42H16F44O8/c1-3-11(87)93-9(5-89-21-32(65,66)13(43)25(51,52)14(44,33(21,67)68)27(55,56)15(45,26(13,53)54)34(21,69)70)7-91-23-38(77,78)19(49)31(63,64)20(50,39(23,79)80)41(83,84)24(40(19,81)82,42(23,85)86)92-8-10(94-12(88)4-2)6-90-22-35(71,72)16(46)28(57,58)17(47,36(22,73)74)30(61,62)18(48,29(16,59)60)37(22,75)76/h3-4,9-10H,1-2,5-8H2. The van der Waals surface area contributed by atoms with Gasteiger partial charge in [0.25, 0.3) is 22.4 Å². The van der Waals surface area contributed by atoms with Crippen LogP contribution in [0.25, 0.3) is 0 Å². The van der Waals surface area contributed by atoms with E-state index >= 15 is 193 Å². The van der Waals surface area contributed by atoms with Crippen LogP contribution in [0.15, 0.2) is 25.3 Å². The molecule has 0 aliphatic heterocycles. The normalized spacial score (nSPS) is 47.3. The summed E-state index contributed by atoms with van der Waals surface area (Å²) in [6.45, 7) is -12.7. The SMILES string of the molecule is C=CC(=O)OC(COC12C(F)(F)C3(F)C(F)(F)C(F)(C(F)(F)C(F)(C3(F)F)C1(F)F)C2(F)F)COC12C(F)(F)C3(F)C(F)(F)C(F)(C1(F)F)C(F)(F)C(OCC(COC14C(F)(F)C5(F)C(F)(F)C(F)(C(F)(F)C(F)(C5(F)F)C1(F)F)C4(F)F)OC(=O)C=C)(C3(F)F)C2(F)F. The summed E-state index contributed by atoms with van der Waals surface area (Å²) in [4.78, 5) is 24.4. The minimum absolute atomic E-state index is 0.770. The predicted molar refractivity (Wildman–Crippen MR) is 195 cm³/mol. The van der Waals surface area contributed by atoms with E-state index in [1.165, 1.54) is 0 Å². The zero-order chi connectivity index (χ0) is 73.8. The molecule has 0 aromatic rings. The van der Waals surface area contributed by atoms with E-state index in [1.807, 2.05) is 0 Å². The Hall–Kier alpha value is -4.82. The van der Waals surface area contributed by atoms with E-state index in [4.69, 9.17) is 0 Å². The molecule has 52 heteroatoms. The summed E-state index contributed by atoms with van der Waals surface area (Å²) >= 11 is 0. The van der Waals surface area contributed by atoms with Crippen LogP contribution in [0.5, 0.6) is 0 Å². The lowest BCUT2D eigenvalue weighted by Gasteiger charge is -2.76. The van der Waals surface area contributed by atoms with Crippen molar-refractivity contribution in [2.75, 3.05) is 26.4 Å². The Bertz CT molecular complexity index is 2870. The molecule has 8 nitrogen and oxygen atoms in total. The molecule has 2 unspecified atom stereocenters. The highest BCUT2D eigenvalue weighted by atomic mass is 19.4. The Labute approximate surface area is 482 Å². The predicted octanol–water partition coefficient (Wildman–Crippen LogP) is 12.4. The molecule has 0 amide bonds. The van der Waals surface area contributed by atoms with Gasteiger partial charge in [0.15, 0.2) is 0 Å². The molecule has 12 aliphatic rings. The highest BCUT2D eigenvalue weighted by Crippen LogP contribution is 2.93. The van der Waals surface area contributed by atoms with Gasteiger partial charge in [-0.1, -0.05) is 13.2 Å². The minimum Gasteiger partial charge on any atom is -0.454 e. The van der Waals surface area contributed by atoms with Crippen molar-refractivity contribution in [3.63, 3.8) is 0 Å². The largest absolute Gasteiger partial charge is 0.454 e. The van der Waals surface area contributed by atoms with Crippen LogP contribution in [0.4, 0.5) is 193 Å². The fraction of sp³-hybridized carbons (Fsp3) is 0.857. The van der Waals surface area contributed by atoms with Gasteiger partial charge in [0.05, 0.1) is 26.4 Å². The monoisotopic (exact) mass is 1480 g/mol. The van der Waals surface area contributed by atoms with Gasteiger partial charge in [-0.3, -0.25) is 0 Å². The van der Waals surface area contributed by atoms with E-state index in [-0.39, 0.29) is 0 Å². The molecule has 12 fully saturated rings. The van der Waals surface area contributed by atoms with Crippen molar-refractivity contribution in [1.29, 1.82) is 0 Å². The molecule has 12 bridgehead atoms. The van der Waals surface area contributed by atoms with Gasteiger partial charge < -0.3 is 28.4 Å². The molecule has 0 heterocycles. The summed E-state index contributed by atoms with van der Waals surface area (Å²) in [6.07, 6.45) is -11.5. The second-order valence-corrected chi connectivity index (χ2v) is 22.1. The lowest BCUT2D eigenvalue weighted by atomic mass is 9.39. The third kappa shape index (κ3) is 5.13. The summed E-state index contributed by atoms with van der Waals surface area (Å²) in [6, 6.07) is 0. The molecule has 540 valence electrons. The Kier molecular flexibility index (Phi) is 13.2. The topological polar surface area (TPSA) is 89.5 Å². The highest BCUT2D eigenvalue weighted by Gasteiger charge is 3.27. The van der Waals surface area contributed by atoms with E-state index in [2.05, 4.69) is 41.6 Å². The number of halogens is 44. The summed E-state index contributed by atoms with van der Waals surface area (Å²) < 4.78 is 718. The van der Waals surface area contributed by atoms with E-state index in [0.717, 1.165) is 0 Å². The molecule has 0 aromatic heterocycles. The number of alkyl halides is 44. The van der Waals surface area contributed by atoms with Crippen molar-refractivity contribution in [2.24, 2.45) is 0 Å². The zero-order valence-electron chi connectivity index (χ0n) is 42.4. The molecule has 0 N–H and O–H groups in total. The smallest absolute Gasteiger partial charge is 0.339 e. The summed E-state index contributed by atoms with van der Waals surface area (Å²) in [7, 11) is 0.